The van der Waals surface area contributed by atoms with E-state index >= 15 is 0 Å². The Hall–Kier alpha value is -2.21. The number of unbranched alkanes of at least 4 members (excludes halogenated alkanes) is 14. The van der Waals surface area contributed by atoms with E-state index < -0.39 is 0 Å². The predicted octanol–water partition coefficient (Wildman–Crippen LogP) is 8.10. The zero-order valence-electron chi connectivity index (χ0n) is 23.9. The molecule has 0 fully saturated rings. The molecule has 6 heteroatoms. The van der Waals surface area contributed by atoms with E-state index in [9.17, 15) is 9.90 Å². The summed E-state index contributed by atoms with van der Waals surface area (Å²) in [4.78, 5) is 18.1. The molecule has 0 saturated heterocycles. The number of nitrogens with zero attached hydrogens (tertiary/aromatic N) is 2. The lowest BCUT2D eigenvalue weighted by atomic mass is 10.1. The highest BCUT2D eigenvalue weighted by Gasteiger charge is 2.19. The molecule has 2 N–H and O–H groups in total. The Labute approximate surface area is 225 Å². The van der Waals surface area contributed by atoms with E-state index in [4.69, 9.17) is 4.74 Å². The number of hydrogen-bond donors (Lipinski definition) is 2. The van der Waals surface area contributed by atoms with Crippen LogP contribution in [0.3, 0.4) is 0 Å². The van der Waals surface area contributed by atoms with Crippen molar-refractivity contribution in [1.82, 2.24) is 14.5 Å². The molecule has 0 aliphatic heterocycles. The number of aromatic nitrogens is 2. The summed E-state index contributed by atoms with van der Waals surface area (Å²) in [6, 6.07) is 7.45. The first kappa shape index (κ1) is 31.0. The molecule has 0 spiro atoms. The maximum Gasteiger partial charge on any atom is 0.330 e. The van der Waals surface area contributed by atoms with Gasteiger partial charge in [-0.1, -0.05) is 116 Å². The van der Waals surface area contributed by atoms with E-state index in [0.29, 0.717) is 23.7 Å². The molecule has 0 radical (unpaired) electrons. The normalized spacial score (nSPS) is 11.5. The Balaban J connectivity index is 1.95. The second-order valence-electron chi connectivity index (χ2n) is 10.5. The summed E-state index contributed by atoms with van der Waals surface area (Å²) in [5.41, 5.74) is 0.827. The minimum Gasteiger partial charge on any atom is -0.496 e. The first-order chi connectivity index (χ1) is 18.1. The first-order valence-electron chi connectivity index (χ1n) is 15.0. The Kier molecular flexibility index (Phi) is 15.9. The molecule has 0 unspecified atom stereocenters. The lowest BCUT2D eigenvalue weighted by Crippen LogP contribution is -2.32. The highest BCUT2D eigenvalue weighted by atomic mass is 16.5. The van der Waals surface area contributed by atoms with Crippen molar-refractivity contribution in [3.8, 4) is 22.9 Å². The van der Waals surface area contributed by atoms with Gasteiger partial charge < -0.3 is 14.8 Å². The molecule has 0 atom stereocenters. The van der Waals surface area contributed by atoms with Crippen LogP contribution in [0.15, 0.2) is 29.1 Å². The van der Waals surface area contributed by atoms with E-state index in [1.807, 2.05) is 24.3 Å². The molecule has 0 aliphatic rings. The van der Waals surface area contributed by atoms with Crippen LogP contribution in [0.5, 0.6) is 11.6 Å². The summed E-state index contributed by atoms with van der Waals surface area (Å²) < 4.78 is 6.92. The van der Waals surface area contributed by atoms with Gasteiger partial charge in [0.05, 0.1) is 13.8 Å². The fourth-order valence-electron chi connectivity index (χ4n) is 5.02. The number of para-hydroxylation sites is 1. The summed E-state index contributed by atoms with van der Waals surface area (Å²) in [6.45, 7) is 6.82. The van der Waals surface area contributed by atoms with Crippen molar-refractivity contribution in [3.63, 3.8) is 0 Å². The molecule has 0 aliphatic carbocycles. The molecule has 210 valence electrons. The van der Waals surface area contributed by atoms with Crippen molar-refractivity contribution in [2.45, 2.75) is 123 Å². The highest BCUT2D eigenvalue weighted by Crippen LogP contribution is 2.33. The summed E-state index contributed by atoms with van der Waals surface area (Å²) >= 11 is 0. The van der Waals surface area contributed by atoms with Gasteiger partial charge in [-0.3, -0.25) is 4.90 Å². The molecule has 37 heavy (non-hydrogen) atoms. The Morgan fingerprint density at radius 3 is 1.78 bits per heavy atom. The number of H-pyrrole nitrogens is 1. The second-order valence-corrected chi connectivity index (χ2v) is 10.5. The molecule has 1 aromatic heterocycles. The molecule has 0 amide bonds. The lowest BCUT2D eigenvalue weighted by molar-refractivity contribution is 0.196. The topological polar surface area (TPSA) is 70.5 Å². The van der Waals surface area contributed by atoms with Crippen LogP contribution >= 0.6 is 0 Å². The molecule has 2 rings (SSSR count). The minimum absolute atomic E-state index is 0.0219. The standard InChI is InChI=1S/C31H53N3O3/c1-4-6-8-10-12-14-16-20-24-33(25-21-17-15-13-11-9-7-5-2)26-34-30(35)29(32-31(34)36)27-22-18-19-23-28(27)37-3/h18-19,22-23,35H,4-17,20-21,24-26H2,1-3H3,(H,32,36). The number of methoxy groups -OCH3 is 1. The Morgan fingerprint density at radius 1 is 0.784 bits per heavy atom. The number of ether oxygens (including phenoxy) is 1. The predicted molar refractivity (Wildman–Crippen MR) is 155 cm³/mol. The number of nitrogens with one attached hydrogen (secondary N) is 1. The van der Waals surface area contributed by atoms with E-state index in [2.05, 4.69) is 23.7 Å². The van der Waals surface area contributed by atoms with Crippen LogP contribution in [0.4, 0.5) is 0 Å². The van der Waals surface area contributed by atoms with Gasteiger partial charge in [-0.2, -0.15) is 0 Å². The third-order valence-corrected chi connectivity index (χ3v) is 7.33. The van der Waals surface area contributed by atoms with Crippen LogP contribution in [-0.4, -0.2) is 39.8 Å². The van der Waals surface area contributed by atoms with Gasteiger partial charge >= 0.3 is 5.69 Å². The van der Waals surface area contributed by atoms with Gasteiger partial charge in [-0.25, -0.2) is 9.36 Å². The third kappa shape index (κ3) is 11.4. The highest BCUT2D eigenvalue weighted by molar-refractivity contribution is 5.71. The quantitative estimate of drug-likeness (QED) is 0.155. The molecule has 0 bridgehead atoms. The average molecular weight is 516 g/mol. The maximum atomic E-state index is 12.9. The van der Waals surface area contributed by atoms with Crippen LogP contribution in [0.25, 0.3) is 11.3 Å². The fraction of sp³-hybridized carbons (Fsp3) is 0.710. The first-order valence-corrected chi connectivity index (χ1v) is 15.0. The Bertz CT molecular complexity index is 885. The van der Waals surface area contributed by atoms with Crippen LogP contribution in [-0.2, 0) is 6.67 Å². The second kappa shape index (κ2) is 18.9. The molecular formula is C31H53N3O3. The van der Waals surface area contributed by atoms with Gasteiger partial charge in [0.25, 0.3) is 0 Å². The SMILES string of the molecule is CCCCCCCCCCN(CCCCCCCCCC)Cn1c(O)c(-c2ccccc2OC)[nH]c1=O. The largest absolute Gasteiger partial charge is 0.496 e. The molecular weight excluding hydrogens is 462 g/mol. The lowest BCUT2D eigenvalue weighted by Gasteiger charge is -2.23. The fourth-order valence-corrected chi connectivity index (χ4v) is 5.02. The summed E-state index contributed by atoms with van der Waals surface area (Å²) in [6.07, 6.45) is 20.6. The van der Waals surface area contributed by atoms with Crippen LogP contribution in [0.2, 0.25) is 0 Å². The van der Waals surface area contributed by atoms with Crippen molar-refractivity contribution in [2.24, 2.45) is 0 Å². The number of imidazole rings is 1. The number of hydrogen-bond acceptors (Lipinski definition) is 4. The van der Waals surface area contributed by atoms with Crippen LogP contribution in [0.1, 0.15) is 117 Å². The molecule has 0 saturated carbocycles. The molecule has 6 nitrogen and oxygen atoms in total. The van der Waals surface area contributed by atoms with Gasteiger partial charge in [0.15, 0.2) is 0 Å². The third-order valence-electron chi connectivity index (χ3n) is 7.33. The zero-order chi connectivity index (χ0) is 26.7. The van der Waals surface area contributed by atoms with Crippen LogP contribution in [0, 0.1) is 0 Å². The summed E-state index contributed by atoms with van der Waals surface area (Å²) in [5.74, 6) is 0.604. The number of aromatic hydroxyl groups is 1. The van der Waals surface area contributed by atoms with Gasteiger partial charge in [-0.05, 0) is 38.1 Å². The van der Waals surface area contributed by atoms with E-state index in [1.165, 1.54) is 94.5 Å². The van der Waals surface area contributed by atoms with Gasteiger partial charge in [0.1, 0.15) is 11.4 Å². The van der Waals surface area contributed by atoms with E-state index in [1.54, 1.807) is 7.11 Å². The minimum atomic E-state index is -0.282. The van der Waals surface area contributed by atoms with Gasteiger partial charge in [0, 0.05) is 5.56 Å². The van der Waals surface area contributed by atoms with Gasteiger partial charge in [0.2, 0.25) is 5.88 Å². The number of aromatic amines is 1. The molecule has 1 heterocycles. The number of rotatable bonds is 22. The number of benzene rings is 1. The van der Waals surface area contributed by atoms with Gasteiger partial charge in [-0.15, -0.1) is 0 Å². The van der Waals surface area contributed by atoms with Crippen molar-refractivity contribution in [2.75, 3.05) is 20.2 Å². The van der Waals surface area contributed by atoms with Crippen molar-refractivity contribution >= 4 is 0 Å². The molecule has 1 aromatic carbocycles. The molecule has 2 aromatic rings. The maximum absolute atomic E-state index is 12.9. The van der Waals surface area contributed by atoms with Crippen molar-refractivity contribution in [1.29, 1.82) is 0 Å². The summed E-state index contributed by atoms with van der Waals surface area (Å²) in [7, 11) is 1.60. The average Bonchev–Trinajstić information content (AvgIpc) is 3.19. The van der Waals surface area contributed by atoms with Crippen LogP contribution < -0.4 is 10.4 Å². The van der Waals surface area contributed by atoms with Crippen molar-refractivity contribution in [3.05, 3.63) is 34.7 Å². The zero-order valence-corrected chi connectivity index (χ0v) is 23.9. The van der Waals surface area contributed by atoms with Crippen molar-refractivity contribution < 1.29 is 9.84 Å². The monoisotopic (exact) mass is 515 g/mol. The Morgan fingerprint density at radius 2 is 1.27 bits per heavy atom. The van der Waals surface area contributed by atoms with E-state index in [-0.39, 0.29) is 11.6 Å². The summed E-state index contributed by atoms with van der Waals surface area (Å²) in [5, 5.41) is 11.0. The van der Waals surface area contributed by atoms with E-state index in [0.717, 1.165) is 25.9 Å². The smallest absolute Gasteiger partial charge is 0.330 e.